The fourth-order valence-electron chi connectivity index (χ4n) is 0. The molecule has 0 radical (unpaired) electrons. The molecule has 0 aromatic rings. The molecule has 0 amide bonds. The van der Waals surface area contributed by atoms with E-state index in [1.807, 2.05) is 0 Å². The quantitative estimate of drug-likeness (QED) is 0.441. The Morgan fingerprint density at radius 3 is 0.727 bits per heavy atom. The first kappa shape index (κ1) is 29.9. The Labute approximate surface area is 86.3 Å². The van der Waals surface area contributed by atoms with E-state index < -0.39 is 0 Å². The molecule has 0 saturated heterocycles. The van der Waals surface area contributed by atoms with Gasteiger partial charge in [0.05, 0.1) is 0 Å². The van der Waals surface area contributed by atoms with E-state index in [0.29, 0.717) is 11.8 Å². The van der Waals surface area contributed by atoms with E-state index in [0.717, 1.165) is 0 Å². The van der Waals surface area contributed by atoms with Crippen LogP contribution in [0.5, 0.6) is 0 Å². The van der Waals surface area contributed by atoms with Gasteiger partial charge < -0.3 is 24.8 Å². The second-order valence-electron chi connectivity index (χ2n) is 2.79. The molecule has 0 heterocycles. The summed E-state index contributed by atoms with van der Waals surface area (Å²) in [6, 6.07) is 0. The van der Waals surface area contributed by atoms with Gasteiger partial charge in [0.1, 0.15) is 0 Å². The van der Waals surface area contributed by atoms with Crippen molar-refractivity contribution in [1.29, 1.82) is 0 Å². The maximum atomic E-state index is 3.64. The van der Waals surface area contributed by atoms with Crippen molar-refractivity contribution in [2.24, 2.45) is 11.8 Å². The van der Waals surface area contributed by atoms with Crippen LogP contribution in [0.3, 0.4) is 0 Å². The van der Waals surface area contributed by atoms with Crippen LogP contribution in [0.15, 0.2) is 0 Å². The number of hydrogen-bond donors (Lipinski definition) is 0. The van der Waals surface area contributed by atoms with Crippen molar-refractivity contribution in [3.63, 3.8) is 0 Å². The average Bonchev–Trinajstić information content (AvgIpc) is 1.25. The maximum Gasteiger partial charge on any atom is 4.00 e. The van der Waals surface area contributed by atoms with Crippen LogP contribution in [-0.2, 0) is 21.7 Å². The van der Waals surface area contributed by atoms with E-state index in [-0.39, 0.29) is 32.7 Å². The van der Waals surface area contributed by atoms with E-state index in [1.165, 1.54) is 0 Å². The van der Waals surface area contributed by atoms with Gasteiger partial charge in [0.15, 0.2) is 0 Å². The molecule has 0 atom stereocenters. The normalized spacial score (nSPS) is 6.55. The molecular weight excluding hydrogens is 176 g/mol. The Morgan fingerprint density at radius 1 is 0.727 bits per heavy atom. The van der Waals surface area contributed by atoms with Crippen molar-refractivity contribution in [2.45, 2.75) is 27.7 Å². The predicted octanol–water partition coefficient (Wildman–Crippen LogP) is 2.60. The van der Waals surface area contributed by atoms with Gasteiger partial charge in [0.25, 0.3) is 0 Å². The minimum Gasteiger partial charge on any atom is -0.870 e. The summed E-state index contributed by atoms with van der Waals surface area (Å²) in [6.07, 6.45) is 0. The van der Waals surface area contributed by atoms with Gasteiger partial charge >= 0.3 is 21.7 Å². The largest absolute Gasteiger partial charge is 4.00 e. The standard InChI is InChI=1S/2C4H9.2H2O.Ti/c2*1-4(2)3;;;/h2*4H,1H2,2-3H3;2*1H2;/q2*-1;;;+4/p-2. The summed E-state index contributed by atoms with van der Waals surface area (Å²) in [5.41, 5.74) is 0. The number of rotatable bonds is 0. The molecule has 0 fully saturated rings. The van der Waals surface area contributed by atoms with Gasteiger partial charge in [-0.1, -0.05) is 27.7 Å². The molecule has 0 aromatic heterocycles. The zero-order valence-corrected chi connectivity index (χ0v) is 9.52. The van der Waals surface area contributed by atoms with Gasteiger partial charge in [0, 0.05) is 0 Å². The monoisotopic (exact) mass is 196 g/mol. The Bertz CT molecular complexity index is 27.6. The molecule has 0 aliphatic rings. The van der Waals surface area contributed by atoms with Crippen molar-refractivity contribution in [2.75, 3.05) is 0 Å². The molecule has 0 unspecified atom stereocenters. The molecule has 2 N–H and O–H groups in total. The molecule has 0 bridgehead atoms. The molecule has 68 valence electrons. The van der Waals surface area contributed by atoms with Crippen LogP contribution in [0.25, 0.3) is 0 Å². The zero-order chi connectivity index (χ0) is 7.15. The fraction of sp³-hybridized carbons (Fsp3) is 0.750. The van der Waals surface area contributed by atoms with Gasteiger partial charge in [-0.25, -0.2) is 0 Å². The Morgan fingerprint density at radius 2 is 0.727 bits per heavy atom. The third-order valence-electron chi connectivity index (χ3n) is 0. The molecule has 0 saturated carbocycles. The molecule has 0 aromatic carbocycles. The van der Waals surface area contributed by atoms with Crippen molar-refractivity contribution in [3.05, 3.63) is 13.8 Å². The van der Waals surface area contributed by atoms with Crippen LogP contribution in [0.4, 0.5) is 0 Å². The van der Waals surface area contributed by atoms with Gasteiger partial charge in [-0.3, -0.25) is 0 Å². The zero-order valence-electron chi connectivity index (χ0n) is 7.96. The van der Waals surface area contributed by atoms with Crippen molar-refractivity contribution in [1.82, 2.24) is 0 Å². The summed E-state index contributed by atoms with van der Waals surface area (Å²) in [5.74, 6) is 1.17. The molecule has 11 heavy (non-hydrogen) atoms. The molecule has 2 nitrogen and oxygen atoms in total. The molecule has 0 rings (SSSR count). The maximum absolute atomic E-state index is 3.64. The van der Waals surface area contributed by atoms with Crippen LogP contribution < -0.4 is 0 Å². The average molecular weight is 196 g/mol. The first-order chi connectivity index (χ1) is 3.46. The van der Waals surface area contributed by atoms with Gasteiger partial charge in [-0.15, -0.1) is 0 Å². The fourth-order valence-corrected chi connectivity index (χ4v) is 0. The third-order valence-corrected chi connectivity index (χ3v) is 0. The van der Waals surface area contributed by atoms with Crippen LogP contribution in [0.2, 0.25) is 0 Å². The topological polar surface area (TPSA) is 60.0 Å². The van der Waals surface area contributed by atoms with E-state index >= 15 is 0 Å². The first-order valence-corrected chi connectivity index (χ1v) is 3.13. The van der Waals surface area contributed by atoms with Crippen molar-refractivity contribution in [3.8, 4) is 0 Å². The van der Waals surface area contributed by atoms with Gasteiger partial charge in [-0.05, 0) is 0 Å². The number of hydrogen-bond acceptors (Lipinski definition) is 2. The van der Waals surface area contributed by atoms with Crippen molar-refractivity contribution >= 4 is 0 Å². The minimum atomic E-state index is 0. The SMILES string of the molecule is [CH2-]C(C)C.[CH2-]C(C)C.[OH-].[OH-].[Ti+4]. The van der Waals surface area contributed by atoms with E-state index in [1.54, 1.807) is 0 Å². The van der Waals surface area contributed by atoms with Crippen LogP contribution in [-0.4, -0.2) is 11.0 Å². The summed E-state index contributed by atoms with van der Waals surface area (Å²) in [5, 5.41) is 0. The molecule has 0 spiro atoms. The smallest absolute Gasteiger partial charge is 0.870 e. The van der Waals surface area contributed by atoms with Crippen LogP contribution in [0.1, 0.15) is 27.7 Å². The summed E-state index contributed by atoms with van der Waals surface area (Å²) in [7, 11) is 0. The summed E-state index contributed by atoms with van der Waals surface area (Å²) < 4.78 is 0. The molecule has 0 aliphatic carbocycles. The Kier molecular flexibility index (Phi) is 60.9. The van der Waals surface area contributed by atoms with E-state index in [4.69, 9.17) is 0 Å². The second kappa shape index (κ2) is 22.4. The van der Waals surface area contributed by atoms with Crippen LogP contribution >= 0.6 is 0 Å². The first-order valence-electron chi connectivity index (χ1n) is 3.13. The van der Waals surface area contributed by atoms with Crippen LogP contribution in [0, 0.1) is 25.7 Å². The van der Waals surface area contributed by atoms with Crippen molar-refractivity contribution < 1.29 is 32.7 Å². The minimum absolute atomic E-state index is 0. The molecule has 0 aliphatic heterocycles. The molecular formula is C8H20O2Ti. The van der Waals surface area contributed by atoms with E-state index in [9.17, 15) is 0 Å². The third kappa shape index (κ3) is 1970. The summed E-state index contributed by atoms with van der Waals surface area (Å²) in [6.45, 7) is 15.5. The summed E-state index contributed by atoms with van der Waals surface area (Å²) in [4.78, 5) is 0. The summed E-state index contributed by atoms with van der Waals surface area (Å²) >= 11 is 0. The van der Waals surface area contributed by atoms with Gasteiger partial charge in [0.2, 0.25) is 0 Å². The van der Waals surface area contributed by atoms with Gasteiger partial charge in [-0.2, -0.15) is 11.8 Å². The predicted molar refractivity (Wildman–Crippen MR) is 44.3 cm³/mol. The molecule has 3 heteroatoms. The Hall–Kier alpha value is 0.634. The second-order valence-corrected chi connectivity index (χ2v) is 2.79. The van der Waals surface area contributed by atoms with E-state index in [2.05, 4.69) is 41.5 Å². The Balaban J connectivity index is -0.0000000171.